The van der Waals surface area contributed by atoms with Crippen molar-refractivity contribution in [3.63, 3.8) is 0 Å². The highest BCUT2D eigenvalue weighted by Crippen LogP contribution is 2.39. The molecular formula is C29H28N4. The maximum absolute atomic E-state index is 4.86. The molecule has 0 bridgehead atoms. The van der Waals surface area contributed by atoms with E-state index in [-0.39, 0.29) is 0 Å². The Bertz CT molecular complexity index is 1540. The first-order chi connectivity index (χ1) is 16.3. The maximum Gasteiger partial charge on any atom is 0.0684 e. The van der Waals surface area contributed by atoms with Crippen LogP contribution in [0.5, 0.6) is 0 Å². The fourth-order valence-electron chi connectivity index (χ4n) is 6.33. The second kappa shape index (κ2) is 7.32. The van der Waals surface area contributed by atoms with Crippen molar-refractivity contribution >= 4 is 32.7 Å². The van der Waals surface area contributed by atoms with Gasteiger partial charge in [0.25, 0.3) is 0 Å². The fourth-order valence-corrected chi connectivity index (χ4v) is 6.33. The minimum atomic E-state index is 0.534. The van der Waals surface area contributed by atoms with E-state index in [1.807, 2.05) is 6.20 Å². The summed E-state index contributed by atoms with van der Waals surface area (Å²) in [6.07, 6.45) is 7.64. The monoisotopic (exact) mass is 432 g/mol. The molecule has 2 aliphatic rings. The van der Waals surface area contributed by atoms with Crippen LogP contribution in [0.2, 0.25) is 0 Å². The van der Waals surface area contributed by atoms with Gasteiger partial charge in [-0.3, -0.25) is 9.88 Å². The van der Waals surface area contributed by atoms with Gasteiger partial charge in [-0.05, 0) is 49.4 Å². The van der Waals surface area contributed by atoms with Gasteiger partial charge < -0.3 is 9.97 Å². The largest absolute Gasteiger partial charge is 0.358 e. The van der Waals surface area contributed by atoms with E-state index < -0.39 is 0 Å². The number of pyridine rings is 1. The number of para-hydroxylation sites is 2. The molecule has 0 saturated carbocycles. The molecule has 2 aromatic carbocycles. The molecule has 0 radical (unpaired) electrons. The first-order valence-electron chi connectivity index (χ1n) is 12.1. The van der Waals surface area contributed by atoms with Crippen LogP contribution < -0.4 is 0 Å². The van der Waals surface area contributed by atoms with Gasteiger partial charge in [-0.1, -0.05) is 48.0 Å². The lowest BCUT2D eigenvalue weighted by Crippen LogP contribution is -2.47. The molecule has 5 heterocycles. The Morgan fingerprint density at radius 3 is 2.58 bits per heavy atom. The van der Waals surface area contributed by atoms with Gasteiger partial charge in [0.1, 0.15) is 0 Å². The molecule has 2 N–H and O–H groups in total. The molecule has 0 aliphatic carbocycles. The summed E-state index contributed by atoms with van der Waals surface area (Å²) in [5.74, 6) is 0.534. The van der Waals surface area contributed by atoms with Crippen LogP contribution in [0, 0.1) is 5.92 Å². The van der Waals surface area contributed by atoms with E-state index >= 15 is 0 Å². The van der Waals surface area contributed by atoms with E-state index in [1.165, 1.54) is 56.1 Å². The van der Waals surface area contributed by atoms with Crippen molar-refractivity contribution in [1.29, 1.82) is 0 Å². The summed E-state index contributed by atoms with van der Waals surface area (Å²) < 4.78 is 0. The highest BCUT2D eigenvalue weighted by atomic mass is 15.2. The lowest BCUT2D eigenvalue weighted by atomic mass is 9.79. The highest BCUT2D eigenvalue weighted by Gasteiger charge is 2.36. The molecule has 2 atom stereocenters. The zero-order chi connectivity index (χ0) is 21.9. The predicted molar refractivity (Wildman–Crippen MR) is 135 cm³/mol. The van der Waals surface area contributed by atoms with Gasteiger partial charge in [0, 0.05) is 64.6 Å². The summed E-state index contributed by atoms with van der Waals surface area (Å²) in [6.45, 7) is 4.32. The minimum Gasteiger partial charge on any atom is -0.358 e. The Kier molecular flexibility index (Phi) is 4.25. The van der Waals surface area contributed by atoms with Crippen LogP contribution in [0.1, 0.15) is 30.3 Å². The van der Waals surface area contributed by atoms with Crippen molar-refractivity contribution in [3.8, 4) is 0 Å². The number of rotatable bonds is 2. The van der Waals surface area contributed by atoms with Gasteiger partial charge in [0.05, 0.1) is 11.2 Å². The zero-order valence-electron chi connectivity index (χ0n) is 18.9. The van der Waals surface area contributed by atoms with Crippen LogP contribution in [0.25, 0.3) is 32.7 Å². The number of allylic oxidation sites excluding steroid dienone is 1. The maximum atomic E-state index is 4.86. The molecule has 33 heavy (non-hydrogen) atoms. The van der Waals surface area contributed by atoms with Gasteiger partial charge in [-0.15, -0.1) is 0 Å². The number of piperidine rings is 1. The zero-order valence-corrected chi connectivity index (χ0v) is 18.9. The SMILES string of the molecule is CC=C1CN2Cc3c([nH]c4ccccc34)CC2CC1Cc1nccc2c1[nH]c1ccccc12. The topological polar surface area (TPSA) is 47.7 Å². The number of nitrogens with one attached hydrogen (secondary N) is 2. The lowest BCUT2D eigenvalue weighted by molar-refractivity contribution is 0.129. The van der Waals surface area contributed by atoms with E-state index in [9.17, 15) is 0 Å². The molecule has 3 aromatic heterocycles. The Hall–Kier alpha value is -3.37. The number of hydrogen-bond acceptors (Lipinski definition) is 2. The van der Waals surface area contributed by atoms with Crippen LogP contribution in [0.3, 0.4) is 0 Å². The van der Waals surface area contributed by atoms with Gasteiger partial charge in [0.2, 0.25) is 0 Å². The van der Waals surface area contributed by atoms with Crippen molar-refractivity contribution < 1.29 is 0 Å². The van der Waals surface area contributed by atoms with Gasteiger partial charge in [-0.25, -0.2) is 0 Å². The smallest absolute Gasteiger partial charge is 0.0684 e. The summed E-state index contributed by atoms with van der Waals surface area (Å²) in [6, 6.07) is 20.1. The number of hydrogen-bond donors (Lipinski definition) is 2. The normalized spacial score (nSPS) is 22.3. The van der Waals surface area contributed by atoms with E-state index in [0.29, 0.717) is 12.0 Å². The number of aromatic nitrogens is 3. The molecule has 0 amide bonds. The summed E-state index contributed by atoms with van der Waals surface area (Å²) in [4.78, 5) is 14.9. The molecule has 7 rings (SSSR count). The van der Waals surface area contributed by atoms with Crippen LogP contribution in [-0.4, -0.2) is 32.4 Å². The molecule has 4 nitrogen and oxygen atoms in total. The quantitative estimate of drug-likeness (QED) is 0.330. The van der Waals surface area contributed by atoms with Crippen LogP contribution in [-0.2, 0) is 19.4 Å². The lowest BCUT2D eigenvalue weighted by Gasteiger charge is -2.44. The third-order valence-electron chi connectivity index (χ3n) is 8.00. The first kappa shape index (κ1) is 19.1. The van der Waals surface area contributed by atoms with Crippen LogP contribution >= 0.6 is 0 Å². The van der Waals surface area contributed by atoms with Crippen molar-refractivity contribution in [2.75, 3.05) is 6.54 Å². The molecule has 2 aliphatic heterocycles. The fraction of sp³-hybridized carbons (Fsp3) is 0.276. The van der Waals surface area contributed by atoms with Crippen molar-refractivity contribution in [3.05, 3.63) is 89.4 Å². The first-order valence-corrected chi connectivity index (χ1v) is 12.1. The summed E-state index contributed by atoms with van der Waals surface area (Å²) >= 11 is 0. The average Bonchev–Trinajstić information content (AvgIpc) is 3.41. The number of fused-ring (bicyclic) bond motifs is 7. The number of H-pyrrole nitrogens is 2. The van der Waals surface area contributed by atoms with E-state index in [0.717, 1.165) is 25.9 Å². The molecule has 4 heteroatoms. The second-order valence-corrected chi connectivity index (χ2v) is 9.74. The molecule has 2 unspecified atom stereocenters. The predicted octanol–water partition coefficient (Wildman–Crippen LogP) is 6.13. The van der Waals surface area contributed by atoms with Gasteiger partial charge in [0.15, 0.2) is 0 Å². The average molecular weight is 433 g/mol. The standard InChI is InChI=1S/C29H28N4/c1-2-18-16-33-17-24-22-8-4-5-9-25(22)31-27(24)15-20(33)13-19(18)14-28-29-23(11-12-30-28)21-7-3-6-10-26(21)32-29/h2-12,19-20,31-32H,13-17H2,1H3. The third kappa shape index (κ3) is 2.97. The summed E-state index contributed by atoms with van der Waals surface area (Å²) in [7, 11) is 0. The Balaban J connectivity index is 1.22. The molecule has 1 saturated heterocycles. The number of nitrogens with zero attached hydrogens (tertiary/aromatic N) is 2. The van der Waals surface area contributed by atoms with Crippen LogP contribution in [0.15, 0.2) is 72.4 Å². The molecular weight excluding hydrogens is 404 g/mol. The van der Waals surface area contributed by atoms with Crippen LogP contribution in [0.4, 0.5) is 0 Å². The molecule has 5 aromatic rings. The minimum absolute atomic E-state index is 0.534. The van der Waals surface area contributed by atoms with E-state index in [1.54, 1.807) is 5.57 Å². The van der Waals surface area contributed by atoms with Crippen molar-refractivity contribution in [2.45, 2.75) is 38.8 Å². The molecule has 164 valence electrons. The third-order valence-corrected chi connectivity index (χ3v) is 8.00. The van der Waals surface area contributed by atoms with E-state index in [4.69, 9.17) is 4.98 Å². The number of aromatic amines is 2. The Morgan fingerprint density at radius 2 is 1.73 bits per heavy atom. The second-order valence-electron chi connectivity index (χ2n) is 9.74. The molecule has 0 spiro atoms. The number of benzene rings is 2. The van der Waals surface area contributed by atoms with Crippen molar-refractivity contribution in [1.82, 2.24) is 19.9 Å². The Labute approximate surface area is 193 Å². The summed E-state index contributed by atoms with van der Waals surface area (Å²) in [5.41, 5.74) is 9.38. The summed E-state index contributed by atoms with van der Waals surface area (Å²) in [5, 5.41) is 3.97. The van der Waals surface area contributed by atoms with Gasteiger partial charge >= 0.3 is 0 Å². The Morgan fingerprint density at radius 1 is 0.939 bits per heavy atom. The van der Waals surface area contributed by atoms with Crippen molar-refractivity contribution in [2.24, 2.45) is 5.92 Å². The van der Waals surface area contributed by atoms with Gasteiger partial charge in [-0.2, -0.15) is 0 Å². The van der Waals surface area contributed by atoms with E-state index in [2.05, 4.69) is 82.5 Å². The molecule has 1 fully saturated rings. The highest BCUT2D eigenvalue weighted by molar-refractivity contribution is 6.07.